The van der Waals surface area contributed by atoms with Gasteiger partial charge in [-0.2, -0.15) is 22.0 Å². The number of alkyl halides is 6. The van der Waals surface area contributed by atoms with E-state index >= 15 is 0 Å². The Balaban J connectivity index is 3.16. The van der Waals surface area contributed by atoms with Gasteiger partial charge < -0.3 is 0 Å². The second-order valence-corrected chi connectivity index (χ2v) is 3.04. The molecule has 1 heterocycles. The summed E-state index contributed by atoms with van der Waals surface area (Å²) >= 11 is 0. The van der Waals surface area contributed by atoms with E-state index < -0.39 is 29.0 Å². The minimum absolute atomic E-state index is 0.327. The van der Waals surface area contributed by atoms with Gasteiger partial charge in [0.25, 0.3) is 0 Å². The minimum atomic E-state index is -5.77. The Morgan fingerprint density at radius 2 is 1.75 bits per heavy atom. The third-order valence-corrected chi connectivity index (χ3v) is 1.84. The van der Waals surface area contributed by atoms with Gasteiger partial charge in [0.15, 0.2) is 0 Å². The van der Waals surface area contributed by atoms with Crippen molar-refractivity contribution in [1.82, 2.24) is 4.57 Å². The second kappa shape index (κ2) is 3.63. The summed E-state index contributed by atoms with van der Waals surface area (Å²) in [5.74, 6) is 0. The van der Waals surface area contributed by atoms with E-state index in [-0.39, 0.29) is 0 Å². The van der Waals surface area contributed by atoms with E-state index in [1.54, 1.807) is 0 Å². The van der Waals surface area contributed by atoms with Crippen LogP contribution in [0.15, 0.2) is 12.4 Å². The fraction of sp³-hybridized carbons (Fsp3) is 0.571. The first-order valence-electron chi connectivity index (χ1n) is 3.90. The zero-order valence-electron chi connectivity index (χ0n) is 7.77. The summed E-state index contributed by atoms with van der Waals surface area (Å²) in [5, 5.41) is 0. The molecule has 0 N–H and O–H groups in total. The molecular weight excluding hydrogens is 245 g/mol. The highest BCUT2D eigenvalue weighted by Crippen LogP contribution is 2.35. The Morgan fingerprint density at radius 1 is 1.25 bits per heavy atom. The molecule has 0 bridgehead atoms. The smallest absolute Gasteiger partial charge is 0.225 e. The standard InChI is InChI=1S/C7H6F7N2/c1-15-2-3-16(5(15)9)7(13,14)4(8)6(10,11)12/h2-4H,1H3/q+1. The molecule has 1 rings (SSSR count). The van der Waals surface area contributed by atoms with Crippen molar-refractivity contribution in [2.75, 3.05) is 0 Å². The van der Waals surface area contributed by atoms with Crippen molar-refractivity contribution in [2.45, 2.75) is 18.4 Å². The third kappa shape index (κ3) is 1.98. The molecule has 1 atom stereocenters. The van der Waals surface area contributed by atoms with E-state index in [1.165, 1.54) is 0 Å². The number of hydrogen-bond donors (Lipinski definition) is 0. The number of aromatic nitrogens is 2. The van der Waals surface area contributed by atoms with Gasteiger partial charge in [0.1, 0.15) is 12.4 Å². The van der Waals surface area contributed by atoms with E-state index in [1.807, 2.05) is 0 Å². The van der Waals surface area contributed by atoms with Crippen LogP contribution in [0, 0.1) is 6.08 Å². The average molecular weight is 251 g/mol. The molecule has 1 aromatic rings. The van der Waals surface area contributed by atoms with Gasteiger partial charge in [0, 0.05) is 0 Å². The van der Waals surface area contributed by atoms with E-state index in [0.29, 0.717) is 10.8 Å². The zero-order valence-corrected chi connectivity index (χ0v) is 7.77. The summed E-state index contributed by atoms with van der Waals surface area (Å²) < 4.78 is 86.4. The summed E-state index contributed by atoms with van der Waals surface area (Å²) in [5.41, 5.74) is 0. The molecule has 0 amide bonds. The van der Waals surface area contributed by atoms with Gasteiger partial charge in [0.2, 0.25) is 0 Å². The molecule has 16 heavy (non-hydrogen) atoms. The molecule has 0 fully saturated rings. The summed E-state index contributed by atoms with van der Waals surface area (Å²) in [6, 6.07) is -5.02. The molecule has 9 heteroatoms. The van der Waals surface area contributed by atoms with Crippen molar-refractivity contribution in [3.63, 3.8) is 0 Å². The van der Waals surface area contributed by atoms with Crippen molar-refractivity contribution in [1.29, 1.82) is 0 Å². The van der Waals surface area contributed by atoms with Crippen LogP contribution in [0.4, 0.5) is 30.7 Å². The van der Waals surface area contributed by atoms with Crippen molar-refractivity contribution in [2.24, 2.45) is 7.05 Å². The highest BCUT2D eigenvalue weighted by molar-refractivity contribution is 4.74. The molecule has 0 radical (unpaired) electrons. The molecular formula is C7H6F7N2+. The van der Waals surface area contributed by atoms with Gasteiger partial charge in [-0.3, -0.25) is 0 Å². The van der Waals surface area contributed by atoms with Gasteiger partial charge in [-0.15, -0.1) is 8.96 Å². The lowest BCUT2D eigenvalue weighted by molar-refractivity contribution is -0.852. The van der Waals surface area contributed by atoms with Crippen LogP contribution in [0.2, 0.25) is 0 Å². The van der Waals surface area contributed by atoms with E-state index in [4.69, 9.17) is 0 Å². The molecule has 0 saturated heterocycles. The topological polar surface area (TPSA) is 8.81 Å². The van der Waals surface area contributed by atoms with Crippen molar-refractivity contribution < 1.29 is 35.3 Å². The summed E-state index contributed by atoms with van der Waals surface area (Å²) in [7, 11) is 0.989. The summed E-state index contributed by atoms with van der Waals surface area (Å²) in [6.45, 7) is 0. The summed E-state index contributed by atoms with van der Waals surface area (Å²) in [6.07, 6.45) is -10.8. The van der Waals surface area contributed by atoms with Crippen molar-refractivity contribution in [3.05, 3.63) is 18.5 Å². The molecule has 1 unspecified atom stereocenters. The molecule has 0 aromatic carbocycles. The van der Waals surface area contributed by atoms with Crippen LogP contribution in [-0.4, -0.2) is 16.9 Å². The number of hydrogen-bond acceptors (Lipinski definition) is 0. The second-order valence-electron chi connectivity index (χ2n) is 3.04. The monoisotopic (exact) mass is 251 g/mol. The highest BCUT2D eigenvalue weighted by atomic mass is 19.4. The Labute approximate surface area is 84.9 Å². The molecule has 0 saturated carbocycles. The molecule has 1 aromatic heterocycles. The fourth-order valence-corrected chi connectivity index (χ4v) is 1.00. The van der Waals surface area contributed by atoms with E-state index in [2.05, 4.69) is 0 Å². The van der Waals surface area contributed by atoms with Gasteiger partial charge in [-0.25, -0.2) is 8.96 Å². The van der Waals surface area contributed by atoms with E-state index in [0.717, 1.165) is 13.2 Å². The first kappa shape index (κ1) is 12.8. The Hall–Kier alpha value is -1.28. The average Bonchev–Trinajstić information content (AvgIpc) is 2.45. The van der Waals surface area contributed by atoms with Gasteiger partial charge in [0.05, 0.1) is 7.05 Å². The number of rotatable bonds is 2. The first-order chi connectivity index (χ1) is 7.08. The predicted molar refractivity (Wildman–Crippen MR) is 36.7 cm³/mol. The lowest BCUT2D eigenvalue weighted by atomic mass is 10.3. The molecule has 0 aliphatic rings. The number of imidazole rings is 1. The fourth-order valence-electron chi connectivity index (χ4n) is 1.00. The van der Waals surface area contributed by atoms with Crippen molar-refractivity contribution >= 4 is 0 Å². The van der Waals surface area contributed by atoms with Crippen LogP contribution in [0.25, 0.3) is 0 Å². The van der Waals surface area contributed by atoms with Crippen LogP contribution < -0.4 is 4.57 Å². The largest absolute Gasteiger partial charge is 0.450 e. The van der Waals surface area contributed by atoms with Crippen LogP contribution in [-0.2, 0) is 13.1 Å². The number of halogens is 7. The van der Waals surface area contributed by atoms with Crippen LogP contribution >= 0.6 is 0 Å². The quantitative estimate of drug-likeness (QED) is 0.560. The van der Waals surface area contributed by atoms with Crippen LogP contribution in [0.1, 0.15) is 0 Å². The van der Waals surface area contributed by atoms with E-state index in [9.17, 15) is 30.7 Å². The summed E-state index contributed by atoms with van der Waals surface area (Å²) in [4.78, 5) is 0. The molecule has 0 aliphatic heterocycles. The normalized spacial score (nSPS) is 15.2. The number of aryl methyl sites for hydroxylation is 1. The molecule has 0 spiro atoms. The SMILES string of the molecule is Cn1cc[n+](C(F)(F)C(F)C(F)(F)F)c1F. The van der Waals surface area contributed by atoms with Gasteiger partial charge >= 0.3 is 24.5 Å². The van der Waals surface area contributed by atoms with Crippen LogP contribution in [0.5, 0.6) is 0 Å². The third-order valence-electron chi connectivity index (χ3n) is 1.84. The first-order valence-corrected chi connectivity index (χ1v) is 3.90. The Bertz CT molecular complexity index is 381. The Morgan fingerprint density at radius 3 is 2.06 bits per heavy atom. The molecule has 92 valence electrons. The maximum atomic E-state index is 12.9. The molecule has 2 nitrogen and oxygen atoms in total. The van der Waals surface area contributed by atoms with Gasteiger partial charge in [-0.05, 0) is 0 Å². The van der Waals surface area contributed by atoms with Crippen LogP contribution in [0.3, 0.4) is 0 Å². The maximum absolute atomic E-state index is 12.9. The lowest BCUT2D eigenvalue weighted by Gasteiger charge is -2.19. The predicted octanol–water partition coefficient (Wildman–Crippen LogP) is 1.90. The minimum Gasteiger partial charge on any atom is -0.225 e. The van der Waals surface area contributed by atoms with Gasteiger partial charge in [-0.1, -0.05) is 0 Å². The lowest BCUT2D eigenvalue weighted by Crippen LogP contribution is -2.61. The maximum Gasteiger partial charge on any atom is 0.450 e. The van der Waals surface area contributed by atoms with Crippen molar-refractivity contribution in [3.8, 4) is 0 Å². The zero-order chi connectivity index (χ0) is 12.7. The highest BCUT2D eigenvalue weighted by Gasteiger charge is 2.62. The Kier molecular flexibility index (Phi) is 2.90. The molecule has 0 aliphatic carbocycles. The number of nitrogens with zero attached hydrogens (tertiary/aromatic N) is 2.